The summed E-state index contributed by atoms with van der Waals surface area (Å²) in [7, 11) is 0. The number of imidazole rings is 1. The predicted octanol–water partition coefficient (Wildman–Crippen LogP) is 5.58. The molecule has 25 heavy (non-hydrogen) atoms. The molecule has 0 saturated carbocycles. The van der Waals surface area contributed by atoms with E-state index in [2.05, 4.69) is 4.98 Å². The lowest BCUT2D eigenvalue weighted by molar-refractivity contribution is 0.290. The molecule has 0 aliphatic rings. The summed E-state index contributed by atoms with van der Waals surface area (Å²) >= 11 is 12.4. The highest BCUT2D eigenvalue weighted by Gasteiger charge is 2.16. The number of nitrogens with zero attached hydrogens (tertiary/aromatic N) is 2. The lowest BCUT2D eigenvalue weighted by atomic mass is 9.95. The van der Waals surface area contributed by atoms with Gasteiger partial charge in [0.15, 0.2) is 0 Å². The first-order chi connectivity index (χ1) is 12.1. The first-order valence-corrected chi connectivity index (χ1v) is 8.66. The Morgan fingerprint density at radius 3 is 2.60 bits per heavy atom. The highest BCUT2D eigenvalue weighted by Crippen LogP contribution is 2.31. The number of ether oxygens (including phenoxy) is 1. The molecule has 0 fully saturated rings. The highest BCUT2D eigenvalue weighted by atomic mass is 35.5. The average Bonchev–Trinajstić information content (AvgIpc) is 3.09. The predicted molar refractivity (Wildman–Crippen MR) is 97.9 cm³/mol. The zero-order valence-corrected chi connectivity index (χ0v) is 14.9. The van der Waals surface area contributed by atoms with Gasteiger partial charge in [0.2, 0.25) is 0 Å². The molecule has 0 amide bonds. The molecule has 0 radical (unpaired) electrons. The summed E-state index contributed by atoms with van der Waals surface area (Å²) in [6.07, 6.45) is 6.18. The van der Waals surface area contributed by atoms with E-state index in [1.54, 1.807) is 30.7 Å². The van der Waals surface area contributed by atoms with Crippen LogP contribution >= 0.6 is 23.2 Å². The minimum absolute atomic E-state index is 0.138. The summed E-state index contributed by atoms with van der Waals surface area (Å²) in [6, 6.07) is 11.5. The largest absolute Gasteiger partial charge is 0.494 e. The minimum Gasteiger partial charge on any atom is -0.494 e. The molecule has 0 unspecified atom stereocenters. The second-order valence-corrected chi connectivity index (χ2v) is 6.56. The van der Waals surface area contributed by atoms with Crippen molar-refractivity contribution < 1.29 is 9.13 Å². The van der Waals surface area contributed by atoms with E-state index in [1.165, 1.54) is 12.1 Å². The molecular formula is C19H17Cl2FN2O. The van der Waals surface area contributed by atoms with Gasteiger partial charge >= 0.3 is 0 Å². The van der Waals surface area contributed by atoms with Crippen LogP contribution in [0.4, 0.5) is 4.39 Å². The van der Waals surface area contributed by atoms with Crippen LogP contribution in [0.5, 0.6) is 5.75 Å². The van der Waals surface area contributed by atoms with Crippen molar-refractivity contribution in [1.82, 2.24) is 9.55 Å². The van der Waals surface area contributed by atoms with Crippen LogP contribution in [-0.2, 0) is 6.54 Å². The molecule has 0 aliphatic heterocycles. The third kappa shape index (κ3) is 4.97. The Morgan fingerprint density at radius 1 is 1.12 bits per heavy atom. The van der Waals surface area contributed by atoms with Crippen LogP contribution in [0.15, 0.2) is 61.2 Å². The van der Waals surface area contributed by atoms with Gasteiger partial charge in [-0.25, -0.2) is 9.37 Å². The topological polar surface area (TPSA) is 27.1 Å². The van der Waals surface area contributed by atoms with E-state index in [4.69, 9.17) is 27.9 Å². The Balaban J connectivity index is 1.70. The van der Waals surface area contributed by atoms with Crippen molar-refractivity contribution in [3.63, 3.8) is 0 Å². The van der Waals surface area contributed by atoms with Gasteiger partial charge in [0.25, 0.3) is 0 Å². The zero-order valence-electron chi connectivity index (χ0n) is 13.4. The molecule has 1 atom stereocenters. The number of benzene rings is 2. The van der Waals surface area contributed by atoms with Gasteiger partial charge in [-0.3, -0.25) is 0 Å². The summed E-state index contributed by atoms with van der Waals surface area (Å²) in [5, 5.41) is 1.25. The molecular weight excluding hydrogens is 362 g/mol. The van der Waals surface area contributed by atoms with Gasteiger partial charge in [0.1, 0.15) is 11.6 Å². The van der Waals surface area contributed by atoms with Gasteiger partial charge in [0, 0.05) is 34.9 Å². The maximum atomic E-state index is 13.0. The summed E-state index contributed by atoms with van der Waals surface area (Å²) in [4.78, 5) is 4.08. The van der Waals surface area contributed by atoms with Crippen molar-refractivity contribution in [2.45, 2.75) is 18.9 Å². The maximum absolute atomic E-state index is 13.0. The second-order valence-electron chi connectivity index (χ2n) is 5.71. The minimum atomic E-state index is -0.279. The monoisotopic (exact) mass is 378 g/mol. The zero-order chi connectivity index (χ0) is 17.6. The van der Waals surface area contributed by atoms with Crippen LogP contribution in [0, 0.1) is 5.82 Å². The van der Waals surface area contributed by atoms with Crippen molar-refractivity contribution in [1.29, 1.82) is 0 Å². The van der Waals surface area contributed by atoms with E-state index in [0.717, 1.165) is 18.5 Å². The molecule has 1 heterocycles. The first kappa shape index (κ1) is 17.8. The molecule has 130 valence electrons. The van der Waals surface area contributed by atoms with Gasteiger partial charge < -0.3 is 9.30 Å². The first-order valence-electron chi connectivity index (χ1n) is 7.91. The number of hydrogen-bond donors (Lipinski definition) is 0. The third-order valence-electron chi connectivity index (χ3n) is 3.94. The Kier molecular flexibility index (Phi) is 5.95. The Hall–Kier alpha value is -2.04. The van der Waals surface area contributed by atoms with Crippen molar-refractivity contribution in [3.05, 3.63) is 82.6 Å². The van der Waals surface area contributed by atoms with Crippen molar-refractivity contribution in [3.8, 4) is 5.75 Å². The van der Waals surface area contributed by atoms with Gasteiger partial charge in [-0.15, -0.1) is 0 Å². The number of hydrogen-bond acceptors (Lipinski definition) is 2. The van der Waals surface area contributed by atoms with Crippen LogP contribution in [0.3, 0.4) is 0 Å². The van der Waals surface area contributed by atoms with Gasteiger partial charge in [-0.2, -0.15) is 0 Å². The highest BCUT2D eigenvalue weighted by molar-refractivity contribution is 6.35. The molecule has 0 saturated heterocycles. The fourth-order valence-electron chi connectivity index (χ4n) is 2.68. The smallest absolute Gasteiger partial charge is 0.123 e. The van der Waals surface area contributed by atoms with Gasteiger partial charge in [0.05, 0.1) is 12.9 Å². The molecule has 0 aliphatic carbocycles. The molecule has 2 aromatic carbocycles. The normalized spacial score (nSPS) is 12.1. The fourth-order valence-corrected chi connectivity index (χ4v) is 3.24. The Labute approximate surface area is 156 Å². The van der Waals surface area contributed by atoms with E-state index in [9.17, 15) is 4.39 Å². The van der Waals surface area contributed by atoms with Crippen molar-refractivity contribution in [2.75, 3.05) is 6.61 Å². The lowest BCUT2D eigenvalue weighted by Crippen LogP contribution is -2.12. The summed E-state index contributed by atoms with van der Waals surface area (Å²) in [5.74, 6) is 0.502. The average molecular weight is 379 g/mol. The van der Waals surface area contributed by atoms with Crippen LogP contribution in [0.2, 0.25) is 10.0 Å². The third-order valence-corrected chi connectivity index (χ3v) is 4.50. The van der Waals surface area contributed by atoms with E-state index >= 15 is 0 Å². The van der Waals surface area contributed by atoms with Crippen LogP contribution in [0.1, 0.15) is 17.9 Å². The summed E-state index contributed by atoms with van der Waals surface area (Å²) in [6.45, 7) is 1.22. The molecule has 3 nitrogen and oxygen atoms in total. The van der Waals surface area contributed by atoms with Gasteiger partial charge in [-0.05, 0) is 48.4 Å². The number of rotatable bonds is 7. The van der Waals surface area contributed by atoms with Crippen LogP contribution in [-0.4, -0.2) is 16.2 Å². The maximum Gasteiger partial charge on any atom is 0.123 e. The van der Waals surface area contributed by atoms with E-state index in [0.29, 0.717) is 22.4 Å². The lowest BCUT2D eigenvalue weighted by Gasteiger charge is -2.20. The van der Waals surface area contributed by atoms with E-state index in [1.807, 2.05) is 22.9 Å². The van der Waals surface area contributed by atoms with E-state index < -0.39 is 0 Å². The second kappa shape index (κ2) is 8.37. The fraction of sp³-hybridized carbons (Fsp3) is 0.211. The molecule has 0 N–H and O–H groups in total. The Morgan fingerprint density at radius 2 is 1.92 bits per heavy atom. The molecule has 1 aromatic heterocycles. The summed E-state index contributed by atoms with van der Waals surface area (Å²) < 4.78 is 20.7. The molecule has 6 heteroatoms. The summed E-state index contributed by atoms with van der Waals surface area (Å²) in [5.41, 5.74) is 1.02. The van der Waals surface area contributed by atoms with Gasteiger partial charge in [-0.1, -0.05) is 29.3 Å². The van der Waals surface area contributed by atoms with Crippen molar-refractivity contribution >= 4 is 23.2 Å². The van der Waals surface area contributed by atoms with Crippen LogP contribution in [0.25, 0.3) is 0 Å². The van der Waals surface area contributed by atoms with Crippen LogP contribution < -0.4 is 4.74 Å². The quantitative estimate of drug-likeness (QED) is 0.536. The van der Waals surface area contributed by atoms with Crippen molar-refractivity contribution in [2.24, 2.45) is 0 Å². The Bertz CT molecular complexity index is 807. The standard InChI is InChI=1S/C19H17Cl2FN2O/c20-15-1-6-18(19(21)11-15)14(12-24-9-8-23-13-24)7-10-25-17-4-2-16(22)3-5-17/h1-6,8-9,11,13-14H,7,10,12H2/t14-/m1/s1. The number of aromatic nitrogens is 2. The van der Waals surface area contributed by atoms with E-state index in [-0.39, 0.29) is 11.7 Å². The number of halogens is 3. The SMILES string of the molecule is Fc1ccc(OCC[C@H](Cn2ccnc2)c2ccc(Cl)cc2Cl)cc1. The molecule has 3 aromatic rings. The molecule has 0 bridgehead atoms. The molecule has 3 rings (SSSR count). The molecule has 0 spiro atoms.